The average Bonchev–Trinajstić information content (AvgIpc) is 3.06. The molecule has 0 aliphatic carbocycles. The van der Waals surface area contributed by atoms with Crippen LogP contribution in [0.25, 0.3) is 10.8 Å². The van der Waals surface area contributed by atoms with Crippen LogP contribution in [0.3, 0.4) is 0 Å². The van der Waals surface area contributed by atoms with Crippen molar-refractivity contribution in [2.75, 3.05) is 13.2 Å². The number of rotatable bonds is 5. The highest BCUT2D eigenvalue weighted by atomic mass is 16.5. The van der Waals surface area contributed by atoms with Crippen molar-refractivity contribution in [2.24, 2.45) is 0 Å². The molecular weight excluding hydrogens is 288 g/mol. The van der Waals surface area contributed by atoms with Crippen molar-refractivity contribution in [3.63, 3.8) is 0 Å². The Labute approximate surface area is 135 Å². The Kier molecular flexibility index (Phi) is 3.94. The number of ether oxygens (including phenoxy) is 1. The molecule has 3 aromatic rings. The third-order valence-electron chi connectivity index (χ3n) is 4.33. The molecule has 5 nitrogen and oxygen atoms in total. The lowest BCUT2D eigenvalue weighted by molar-refractivity contribution is 0.286. The number of benzene rings is 2. The first-order valence-electron chi connectivity index (χ1n) is 8.10. The highest BCUT2D eigenvalue weighted by Crippen LogP contribution is 2.20. The molecule has 1 atom stereocenters. The SMILES string of the molecule is c1ccc2cc(OCCN[C@@H]3CCc4ncnn4C3)ccc2c1. The first kappa shape index (κ1) is 14.2. The predicted molar refractivity (Wildman–Crippen MR) is 89.6 cm³/mol. The molecule has 1 aromatic heterocycles. The third-order valence-corrected chi connectivity index (χ3v) is 4.33. The third kappa shape index (κ3) is 3.19. The van der Waals surface area contributed by atoms with Gasteiger partial charge in [-0.2, -0.15) is 5.10 Å². The molecule has 0 amide bonds. The Morgan fingerprint density at radius 3 is 3.04 bits per heavy atom. The number of hydrogen-bond donors (Lipinski definition) is 1. The first-order valence-corrected chi connectivity index (χ1v) is 8.10. The van der Waals surface area contributed by atoms with Crippen LogP contribution in [-0.2, 0) is 13.0 Å². The standard InChI is InChI=1S/C18H20N4O/c1-2-4-15-11-17(7-5-14(15)3-1)23-10-9-19-16-6-8-18-20-13-21-22(18)12-16/h1-5,7,11,13,16,19H,6,8-10,12H2/t16-/m1/s1. The molecule has 1 aliphatic rings. The first-order chi connectivity index (χ1) is 11.4. The monoisotopic (exact) mass is 308 g/mol. The maximum Gasteiger partial charge on any atom is 0.138 e. The zero-order chi connectivity index (χ0) is 15.5. The molecule has 0 saturated carbocycles. The molecule has 0 fully saturated rings. The van der Waals surface area contributed by atoms with Gasteiger partial charge in [-0.25, -0.2) is 9.67 Å². The van der Waals surface area contributed by atoms with E-state index in [9.17, 15) is 0 Å². The van der Waals surface area contributed by atoms with Gasteiger partial charge in [-0.3, -0.25) is 0 Å². The lowest BCUT2D eigenvalue weighted by atomic mass is 10.1. The fraction of sp³-hybridized carbons (Fsp3) is 0.333. The largest absolute Gasteiger partial charge is 0.492 e. The van der Waals surface area contributed by atoms with E-state index in [1.807, 2.05) is 10.7 Å². The molecule has 0 bridgehead atoms. The van der Waals surface area contributed by atoms with Crippen LogP contribution in [0.5, 0.6) is 5.75 Å². The van der Waals surface area contributed by atoms with E-state index in [1.54, 1.807) is 6.33 Å². The van der Waals surface area contributed by atoms with Crippen molar-refractivity contribution in [1.82, 2.24) is 20.1 Å². The number of nitrogens with zero attached hydrogens (tertiary/aromatic N) is 3. The summed E-state index contributed by atoms with van der Waals surface area (Å²) in [4.78, 5) is 4.25. The van der Waals surface area contributed by atoms with Crippen molar-refractivity contribution in [1.29, 1.82) is 0 Å². The van der Waals surface area contributed by atoms with Gasteiger partial charge in [0.15, 0.2) is 0 Å². The smallest absolute Gasteiger partial charge is 0.138 e. The van der Waals surface area contributed by atoms with Crippen molar-refractivity contribution >= 4 is 10.8 Å². The van der Waals surface area contributed by atoms with Crippen LogP contribution in [0.15, 0.2) is 48.8 Å². The van der Waals surface area contributed by atoms with E-state index in [-0.39, 0.29) is 0 Å². The molecule has 1 aliphatic heterocycles. The quantitative estimate of drug-likeness (QED) is 0.736. The van der Waals surface area contributed by atoms with Crippen LogP contribution < -0.4 is 10.1 Å². The van der Waals surface area contributed by atoms with Crippen LogP contribution in [0.2, 0.25) is 0 Å². The summed E-state index contributed by atoms with van der Waals surface area (Å²) in [5, 5.41) is 10.2. The van der Waals surface area contributed by atoms with Gasteiger partial charge in [-0.1, -0.05) is 30.3 Å². The average molecular weight is 308 g/mol. The van der Waals surface area contributed by atoms with Crippen LogP contribution in [0.1, 0.15) is 12.2 Å². The number of aryl methyl sites for hydroxylation is 1. The summed E-state index contributed by atoms with van der Waals surface area (Å²) in [5.74, 6) is 2.02. The van der Waals surface area contributed by atoms with Gasteiger partial charge in [0.25, 0.3) is 0 Å². The van der Waals surface area contributed by atoms with Crippen LogP contribution in [-0.4, -0.2) is 34.0 Å². The molecule has 0 radical (unpaired) electrons. The van der Waals surface area contributed by atoms with Crippen molar-refractivity contribution < 1.29 is 4.74 Å². The minimum Gasteiger partial charge on any atom is -0.492 e. The van der Waals surface area contributed by atoms with Crippen molar-refractivity contribution in [2.45, 2.75) is 25.4 Å². The molecular formula is C18H20N4O. The highest BCUT2D eigenvalue weighted by molar-refractivity contribution is 5.83. The maximum atomic E-state index is 5.86. The Balaban J connectivity index is 1.27. The van der Waals surface area contributed by atoms with E-state index in [4.69, 9.17) is 4.74 Å². The van der Waals surface area contributed by atoms with Crippen molar-refractivity contribution in [3.8, 4) is 5.75 Å². The summed E-state index contributed by atoms with van der Waals surface area (Å²) in [5.41, 5.74) is 0. The molecule has 23 heavy (non-hydrogen) atoms. The fourth-order valence-corrected chi connectivity index (χ4v) is 3.09. The second-order valence-corrected chi connectivity index (χ2v) is 5.91. The van der Waals surface area contributed by atoms with Gasteiger partial charge >= 0.3 is 0 Å². The molecule has 5 heteroatoms. The summed E-state index contributed by atoms with van der Waals surface area (Å²) in [6.07, 6.45) is 3.73. The summed E-state index contributed by atoms with van der Waals surface area (Å²) in [7, 11) is 0. The number of fused-ring (bicyclic) bond motifs is 2. The Bertz CT molecular complexity index is 798. The molecule has 1 N–H and O–H groups in total. The molecule has 2 aromatic carbocycles. The minimum atomic E-state index is 0.449. The molecule has 0 spiro atoms. The topological polar surface area (TPSA) is 52.0 Å². The van der Waals surface area contributed by atoms with E-state index in [0.29, 0.717) is 12.6 Å². The van der Waals surface area contributed by atoms with E-state index in [1.165, 1.54) is 10.8 Å². The van der Waals surface area contributed by atoms with Crippen LogP contribution in [0, 0.1) is 0 Å². The Morgan fingerprint density at radius 2 is 2.09 bits per heavy atom. The summed E-state index contributed by atoms with van der Waals surface area (Å²) in [6, 6.07) is 15.0. The highest BCUT2D eigenvalue weighted by Gasteiger charge is 2.18. The number of hydrogen-bond acceptors (Lipinski definition) is 4. The normalized spacial score (nSPS) is 17.1. The van der Waals surface area contributed by atoms with E-state index in [2.05, 4.69) is 51.8 Å². The molecule has 0 unspecified atom stereocenters. The van der Waals surface area contributed by atoms with Gasteiger partial charge in [0.1, 0.15) is 24.5 Å². The molecule has 4 rings (SSSR count). The Hall–Kier alpha value is -2.40. The van der Waals surface area contributed by atoms with Crippen LogP contribution >= 0.6 is 0 Å². The lowest BCUT2D eigenvalue weighted by Crippen LogP contribution is -2.39. The lowest BCUT2D eigenvalue weighted by Gasteiger charge is -2.23. The zero-order valence-corrected chi connectivity index (χ0v) is 13.0. The van der Waals surface area contributed by atoms with Gasteiger partial charge in [-0.05, 0) is 29.3 Å². The molecule has 118 valence electrons. The maximum absolute atomic E-state index is 5.86. The minimum absolute atomic E-state index is 0.449. The number of nitrogens with one attached hydrogen (secondary N) is 1. The Morgan fingerprint density at radius 1 is 1.17 bits per heavy atom. The molecule has 0 saturated heterocycles. The van der Waals surface area contributed by atoms with E-state index in [0.717, 1.165) is 37.5 Å². The van der Waals surface area contributed by atoms with Crippen molar-refractivity contribution in [3.05, 3.63) is 54.6 Å². The van der Waals surface area contributed by atoms with E-state index >= 15 is 0 Å². The summed E-state index contributed by atoms with van der Waals surface area (Å²) < 4.78 is 7.85. The van der Waals surface area contributed by atoms with Crippen LogP contribution in [0.4, 0.5) is 0 Å². The van der Waals surface area contributed by atoms with Gasteiger partial charge in [-0.15, -0.1) is 0 Å². The number of aromatic nitrogens is 3. The molecule has 2 heterocycles. The predicted octanol–water partition coefficient (Wildman–Crippen LogP) is 2.41. The summed E-state index contributed by atoms with van der Waals surface area (Å²) in [6.45, 7) is 2.39. The van der Waals surface area contributed by atoms with Gasteiger partial charge < -0.3 is 10.1 Å². The second kappa shape index (κ2) is 6.38. The fourth-order valence-electron chi connectivity index (χ4n) is 3.09. The summed E-state index contributed by atoms with van der Waals surface area (Å²) >= 11 is 0. The second-order valence-electron chi connectivity index (χ2n) is 5.91. The van der Waals surface area contributed by atoms with Gasteiger partial charge in [0, 0.05) is 19.0 Å². The van der Waals surface area contributed by atoms with Gasteiger partial charge in [0.05, 0.1) is 6.54 Å². The zero-order valence-electron chi connectivity index (χ0n) is 13.0. The van der Waals surface area contributed by atoms with E-state index < -0.39 is 0 Å². The van der Waals surface area contributed by atoms with Gasteiger partial charge in [0.2, 0.25) is 0 Å².